The molecule has 30 heteroatoms. The number of pyridine rings is 4. The van der Waals surface area contributed by atoms with Gasteiger partial charge in [-0.25, -0.2) is 53.3 Å². The van der Waals surface area contributed by atoms with Crippen molar-refractivity contribution >= 4 is 30.2 Å². The van der Waals surface area contributed by atoms with E-state index in [4.69, 9.17) is 4.74 Å². The highest BCUT2D eigenvalue weighted by Crippen LogP contribution is 2.29. The van der Waals surface area contributed by atoms with Crippen LogP contribution in [-0.4, -0.2) is 214 Å². The Bertz CT molecular complexity index is 4850. The maximum Gasteiger partial charge on any atom is 0.329 e. The van der Waals surface area contributed by atoms with Crippen molar-refractivity contribution in [2.45, 2.75) is 159 Å². The van der Waals surface area contributed by atoms with Crippen molar-refractivity contribution in [2.24, 2.45) is 0 Å². The SMILES string of the molecule is CN(C(=O)n1cnc(-c2ccc(O)c(F)c2)c1)C1CCOCC1.CN(C(=O)n1cnc(-c2ccc[n+]([O-])c2)c1)C1CCCCC1.CN(C(=O)n1cnc(-c2ccc[n+]([O-])c2)c1)C1CCN(Cc2ccccc2)CC1.CN(C(=O)n1cnc(-c2cccnc2)c1)C1CCCCC1.CN(C(=O)n1cnc(-c2ccncc2)c1)C1CCCCC1. The lowest BCUT2D eigenvalue weighted by Crippen LogP contribution is -2.46. The van der Waals surface area contributed by atoms with Crippen LogP contribution in [0.4, 0.5) is 28.4 Å². The molecule has 2 aliphatic heterocycles. The Hall–Kier alpha value is -12.3. The summed E-state index contributed by atoms with van der Waals surface area (Å²) < 4.78 is 27.7. The number of nitrogens with zero attached hydrogens (tertiary/aromatic N) is 20. The third-order valence-corrected chi connectivity index (χ3v) is 22.3. The fourth-order valence-corrected chi connectivity index (χ4v) is 15.3. The van der Waals surface area contributed by atoms with Crippen molar-refractivity contribution in [3.63, 3.8) is 0 Å². The Morgan fingerprint density at radius 2 is 0.793 bits per heavy atom. The number of rotatable bonds is 12. The molecule has 0 radical (unpaired) electrons. The number of benzene rings is 2. The molecule has 1 N–H and O–H groups in total. The summed E-state index contributed by atoms with van der Waals surface area (Å²) in [5.41, 5.74) is 8.36. The van der Waals surface area contributed by atoms with Crippen molar-refractivity contribution in [1.29, 1.82) is 0 Å². The first-order chi connectivity index (χ1) is 56.3. The zero-order chi connectivity index (χ0) is 81.5. The molecule has 0 atom stereocenters. The van der Waals surface area contributed by atoms with E-state index in [1.807, 2.05) is 78.1 Å². The van der Waals surface area contributed by atoms with Gasteiger partial charge in [-0.05, 0) is 124 Å². The molecule has 0 bridgehead atoms. The van der Waals surface area contributed by atoms with E-state index in [0.717, 1.165) is 116 Å². The van der Waals surface area contributed by atoms with Gasteiger partial charge in [0.25, 0.3) is 0 Å². The summed E-state index contributed by atoms with van der Waals surface area (Å²) in [6, 6.07) is 30.0. The standard InChI is InChI=1S/C22H25N5O2.C16H18FN3O3.C16H20N4O2.2C16H20N4O/c1-24(20-9-12-25(13-10-20)14-18-6-3-2-4-7-18)22(28)26-16-21(23-17-26)19-8-5-11-27(29)15-19;1-19(12-4-6-23-7-5-12)16(22)20-9-14(18-10-20)11-2-3-15(21)13(17)8-11;1-18(14-7-3-2-4-8-14)16(21)19-11-15(17-12-19)13-6-5-9-20(22)10-13;1-19(14-7-3-2-4-8-14)16(21)20-11-15(18-12-20)13-6-5-9-17-10-13;1-19(14-5-3-2-4-6-14)16(21)20-11-15(18-12-20)13-7-9-17-10-8-13/h2-8,11,15-17,20H,9-10,12-14H2,1H3;2-3,8-10,12,21H,4-7H2,1H3;5-6,9-12,14H,2-4,7-8H2,1H3;5-6,9-12,14H,2-4,7-8H2,1H3;7-12,14H,2-6H2,1H3. The molecule has 11 aromatic rings. The molecule has 5 fully saturated rings. The first kappa shape index (κ1) is 83.1. The Kier molecular flexibility index (Phi) is 29.1. The van der Waals surface area contributed by atoms with E-state index in [1.165, 1.54) is 133 Å². The number of amides is 5. The second-order valence-electron chi connectivity index (χ2n) is 30.1. The van der Waals surface area contributed by atoms with Gasteiger partial charge >= 0.3 is 30.2 Å². The largest absolute Gasteiger partial charge is 0.619 e. The van der Waals surface area contributed by atoms with Crippen LogP contribution >= 0.6 is 0 Å². The number of likely N-dealkylation sites (tertiary alicyclic amines) is 1. The van der Waals surface area contributed by atoms with Gasteiger partial charge in [-0.15, -0.1) is 0 Å². The molecule has 608 valence electrons. The van der Waals surface area contributed by atoms with Crippen molar-refractivity contribution < 1.29 is 47.7 Å². The number of hydrogen-bond acceptors (Lipinski definition) is 17. The third-order valence-electron chi connectivity index (χ3n) is 22.3. The smallest absolute Gasteiger partial charge is 0.329 e. The molecule has 3 saturated carbocycles. The summed E-state index contributed by atoms with van der Waals surface area (Å²) >= 11 is 0. The number of hydrogen-bond donors (Lipinski definition) is 1. The molecule has 2 saturated heterocycles. The number of aromatic nitrogens is 14. The van der Waals surface area contributed by atoms with Gasteiger partial charge in [0.2, 0.25) is 0 Å². The van der Waals surface area contributed by atoms with Crippen molar-refractivity contribution in [3.05, 3.63) is 231 Å². The molecule has 0 unspecified atom stereocenters. The van der Waals surface area contributed by atoms with Crippen LogP contribution in [0.5, 0.6) is 5.75 Å². The zero-order valence-electron chi connectivity index (χ0n) is 66.5. The number of piperidine rings is 1. The molecular weight excluding hydrogens is 1480 g/mol. The minimum absolute atomic E-state index is 0.00490. The van der Waals surface area contributed by atoms with Gasteiger partial charge in [-0.2, -0.15) is 9.46 Å². The van der Waals surface area contributed by atoms with Gasteiger partial charge in [0.15, 0.2) is 36.4 Å². The number of ether oxygens (including phenoxy) is 1. The maximum absolute atomic E-state index is 13.4. The fraction of sp³-hybridized carbons (Fsp3) is 0.395. The number of carbonyl (C=O) groups is 5. The van der Waals surface area contributed by atoms with Gasteiger partial charge in [0, 0.05) is 183 Å². The average molecular weight is 1580 g/mol. The second kappa shape index (κ2) is 40.6. The molecule has 3 aliphatic carbocycles. The van der Waals surface area contributed by atoms with Gasteiger partial charge in [0.05, 0.1) is 39.6 Å². The number of imidazole rings is 5. The van der Waals surface area contributed by atoms with E-state index in [1.54, 1.807) is 120 Å². The van der Waals surface area contributed by atoms with Crippen LogP contribution in [0, 0.1) is 16.2 Å². The Balaban J connectivity index is 0.000000134. The molecule has 11 heterocycles. The van der Waals surface area contributed by atoms with E-state index < -0.39 is 11.6 Å². The Labute approximate surface area is 675 Å². The number of phenolic OH excluding ortho intramolecular Hbond substituents is 1. The number of carbonyl (C=O) groups excluding carboxylic acids is 5. The van der Waals surface area contributed by atoms with Crippen molar-refractivity contribution in [3.8, 4) is 62.0 Å². The fourth-order valence-electron chi connectivity index (χ4n) is 15.3. The van der Waals surface area contributed by atoms with Gasteiger partial charge in [-0.1, -0.05) is 88.1 Å². The highest BCUT2D eigenvalue weighted by atomic mass is 19.1. The normalized spacial score (nSPS) is 15.6. The highest BCUT2D eigenvalue weighted by Gasteiger charge is 2.30. The van der Waals surface area contributed by atoms with E-state index in [2.05, 4.69) is 64.1 Å². The lowest BCUT2D eigenvalue weighted by Gasteiger charge is -2.36. The van der Waals surface area contributed by atoms with Crippen LogP contribution in [0.3, 0.4) is 0 Å². The quantitative estimate of drug-likeness (QED) is 0.0877. The molecule has 2 aromatic carbocycles. The predicted octanol–water partition coefficient (Wildman–Crippen LogP) is 14.0. The summed E-state index contributed by atoms with van der Waals surface area (Å²) in [6.45, 7) is 4.21. The first-order valence-electron chi connectivity index (χ1n) is 39.9. The van der Waals surface area contributed by atoms with E-state index in [9.17, 15) is 43.9 Å². The molecule has 5 aliphatic rings. The van der Waals surface area contributed by atoms with Crippen molar-refractivity contribution in [1.82, 2.24) is 87.1 Å². The molecule has 9 aromatic heterocycles. The van der Waals surface area contributed by atoms with Crippen LogP contribution in [-0.2, 0) is 11.3 Å². The lowest BCUT2D eigenvalue weighted by atomic mass is 9.95. The second-order valence-corrected chi connectivity index (χ2v) is 30.1. The molecule has 29 nitrogen and oxygen atoms in total. The number of halogens is 1. The lowest BCUT2D eigenvalue weighted by molar-refractivity contribution is -0.605. The van der Waals surface area contributed by atoms with Crippen LogP contribution in [0.15, 0.2) is 209 Å². The van der Waals surface area contributed by atoms with Gasteiger partial charge in [0.1, 0.15) is 31.6 Å². The predicted molar refractivity (Wildman–Crippen MR) is 435 cm³/mol. The molecule has 16 rings (SSSR count). The summed E-state index contributed by atoms with van der Waals surface area (Å²) in [4.78, 5) is 104. The molecule has 5 amide bonds. The number of aromatic hydroxyl groups is 1. The van der Waals surface area contributed by atoms with E-state index >= 15 is 0 Å². The summed E-state index contributed by atoms with van der Waals surface area (Å²) in [7, 11) is 9.25. The first-order valence-corrected chi connectivity index (χ1v) is 39.9. The Morgan fingerprint density at radius 1 is 0.422 bits per heavy atom. The molecule has 116 heavy (non-hydrogen) atoms. The maximum atomic E-state index is 13.4. The third kappa shape index (κ3) is 22.2. The summed E-state index contributed by atoms with van der Waals surface area (Å²) in [5, 5.41) is 32.0. The molecular formula is C86H103FN20O9. The average Bonchev–Trinajstić information content (AvgIpc) is 1.70. The minimum atomic E-state index is -0.720. The highest BCUT2D eigenvalue weighted by molar-refractivity contribution is 5.81. The topological polar surface area (TPSA) is 303 Å². The van der Waals surface area contributed by atoms with Crippen LogP contribution < -0.4 is 9.46 Å². The summed E-state index contributed by atoms with van der Waals surface area (Å²) in [6.07, 6.45) is 49.9. The van der Waals surface area contributed by atoms with Crippen LogP contribution in [0.1, 0.15) is 128 Å². The monoisotopic (exact) mass is 1580 g/mol. The van der Waals surface area contributed by atoms with Crippen LogP contribution in [0.2, 0.25) is 0 Å². The minimum Gasteiger partial charge on any atom is -0.619 e. The summed E-state index contributed by atoms with van der Waals surface area (Å²) in [5.74, 6) is -1.13. The van der Waals surface area contributed by atoms with Gasteiger partial charge < -0.3 is 44.8 Å². The van der Waals surface area contributed by atoms with E-state index in [0.29, 0.717) is 65.1 Å². The van der Waals surface area contributed by atoms with Gasteiger partial charge in [-0.3, -0.25) is 37.7 Å². The zero-order valence-corrected chi connectivity index (χ0v) is 66.5. The van der Waals surface area contributed by atoms with Crippen molar-refractivity contribution in [2.75, 3.05) is 61.5 Å². The van der Waals surface area contributed by atoms with E-state index in [-0.39, 0.29) is 42.2 Å². The Morgan fingerprint density at radius 3 is 1.18 bits per heavy atom. The molecule has 0 spiro atoms. The van der Waals surface area contributed by atoms with Crippen LogP contribution in [0.25, 0.3) is 56.3 Å². The number of phenols is 1.